The fourth-order valence-electron chi connectivity index (χ4n) is 1.64. The maximum absolute atomic E-state index is 8.94. The quantitative estimate of drug-likeness (QED) is 0.616. The van der Waals surface area contributed by atoms with Crippen molar-refractivity contribution in [3.8, 4) is 6.07 Å². The predicted molar refractivity (Wildman–Crippen MR) is 45.1 cm³/mol. The van der Waals surface area contributed by atoms with E-state index in [-0.39, 0.29) is 5.54 Å². The average molecular weight is 152 g/mol. The maximum Gasteiger partial charge on any atom is 0.109 e. The lowest BCUT2D eigenvalue weighted by molar-refractivity contribution is 0.0920. The lowest BCUT2D eigenvalue weighted by Crippen LogP contribution is -2.50. The summed E-state index contributed by atoms with van der Waals surface area (Å²) < 4.78 is 0. The summed E-state index contributed by atoms with van der Waals surface area (Å²) in [5, 5.41) is 8.94. The topological polar surface area (TPSA) is 27.0 Å². The van der Waals surface area contributed by atoms with Crippen LogP contribution in [0.1, 0.15) is 32.6 Å². The van der Waals surface area contributed by atoms with Gasteiger partial charge in [-0.3, -0.25) is 4.90 Å². The van der Waals surface area contributed by atoms with Crippen molar-refractivity contribution in [2.75, 3.05) is 13.6 Å². The number of nitriles is 1. The van der Waals surface area contributed by atoms with Crippen molar-refractivity contribution in [2.45, 2.75) is 38.1 Å². The first kappa shape index (κ1) is 8.55. The Kier molecular flexibility index (Phi) is 2.51. The molecule has 11 heavy (non-hydrogen) atoms. The molecule has 62 valence electrons. The van der Waals surface area contributed by atoms with Gasteiger partial charge in [0.05, 0.1) is 6.07 Å². The third-order valence-electron chi connectivity index (χ3n) is 2.68. The third kappa shape index (κ3) is 1.39. The van der Waals surface area contributed by atoms with Crippen molar-refractivity contribution in [1.82, 2.24) is 4.90 Å². The van der Waals surface area contributed by atoms with Gasteiger partial charge in [0.2, 0.25) is 0 Å². The van der Waals surface area contributed by atoms with Gasteiger partial charge in [-0.2, -0.15) is 5.26 Å². The molecule has 0 aromatic carbocycles. The Balaban J connectivity index is 2.49. The predicted octanol–water partition coefficient (Wildman–Crippen LogP) is 1.77. The molecule has 0 aliphatic heterocycles. The molecule has 1 aliphatic carbocycles. The third-order valence-corrected chi connectivity index (χ3v) is 2.68. The molecule has 0 aromatic rings. The molecule has 0 spiro atoms. The van der Waals surface area contributed by atoms with E-state index < -0.39 is 0 Å². The van der Waals surface area contributed by atoms with Crippen LogP contribution in [0.4, 0.5) is 0 Å². The van der Waals surface area contributed by atoms with Crippen molar-refractivity contribution in [1.29, 1.82) is 5.26 Å². The van der Waals surface area contributed by atoms with E-state index >= 15 is 0 Å². The Bertz CT molecular complexity index is 165. The molecule has 1 fully saturated rings. The van der Waals surface area contributed by atoms with Gasteiger partial charge in [-0.05, 0) is 39.3 Å². The van der Waals surface area contributed by atoms with Gasteiger partial charge in [0.1, 0.15) is 5.54 Å². The van der Waals surface area contributed by atoms with Crippen molar-refractivity contribution < 1.29 is 0 Å². The fraction of sp³-hybridized carbons (Fsp3) is 0.889. The summed E-state index contributed by atoms with van der Waals surface area (Å²) in [6.07, 6.45) is 4.50. The van der Waals surface area contributed by atoms with Crippen LogP contribution < -0.4 is 0 Å². The van der Waals surface area contributed by atoms with Crippen LogP contribution in [-0.4, -0.2) is 24.0 Å². The minimum Gasteiger partial charge on any atom is -0.289 e. The van der Waals surface area contributed by atoms with E-state index in [0.717, 1.165) is 25.8 Å². The summed E-state index contributed by atoms with van der Waals surface area (Å²) in [7, 11) is 2.06. The van der Waals surface area contributed by atoms with Gasteiger partial charge in [-0.25, -0.2) is 0 Å². The lowest BCUT2D eigenvalue weighted by Gasteiger charge is -2.42. The normalized spacial score (nSPS) is 20.9. The zero-order valence-electron chi connectivity index (χ0n) is 7.43. The molecule has 0 amide bonds. The number of hydrogen-bond donors (Lipinski definition) is 0. The van der Waals surface area contributed by atoms with E-state index in [4.69, 9.17) is 5.26 Å². The Hall–Kier alpha value is -0.550. The lowest BCUT2D eigenvalue weighted by atomic mass is 9.77. The molecule has 1 saturated carbocycles. The SMILES string of the molecule is CCCN(C)C1(C#N)CCC1. The molecule has 0 atom stereocenters. The number of nitrogens with zero attached hydrogens (tertiary/aromatic N) is 2. The highest BCUT2D eigenvalue weighted by molar-refractivity contribution is 5.12. The van der Waals surface area contributed by atoms with Gasteiger partial charge < -0.3 is 0 Å². The summed E-state index contributed by atoms with van der Waals surface area (Å²) in [6, 6.07) is 2.43. The second kappa shape index (κ2) is 3.23. The molecular weight excluding hydrogens is 136 g/mol. The molecule has 2 heteroatoms. The standard InChI is InChI=1S/C9H16N2/c1-3-7-11(2)9(8-10)5-4-6-9/h3-7H2,1-2H3. The average Bonchev–Trinajstić information content (AvgIpc) is 1.87. The molecular formula is C9H16N2. The summed E-state index contributed by atoms with van der Waals surface area (Å²) in [4.78, 5) is 2.20. The van der Waals surface area contributed by atoms with Crippen molar-refractivity contribution in [2.24, 2.45) is 0 Å². The minimum atomic E-state index is -0.0873. The second-order valence-corrected chi connectivity index (χ2v) is 3.42. The molecule has 2 nitrogen and oxygen atoms in total. The summed E-state index contributed by atoms with van der Waals surface area (Å²) in [5.41, 5.74) is -0.0873. The van der Waals surface area contributed by atoms with E-state index in [1.54, 1.807) is 0 Å². The molecule has 0 radical (unpaired) electrons. The van der Waals surface area contributed by atoms with Crippen molar-refractivity contribution in [3.63, 3.8) is 0 Å². The first-order chi connectivity index (χ1) is 5.25. The smallest absolute Gasteiger partial charge is 0.109 e. The molecule has 1 rings (SSSR count). The Morgan fingerprint density at radius 1 is 1.55 bits per heavy atom. The van der Waals surface area contributed by atoms with Crippen molar-refractivity contribution in [3.05, 3.63) is 0 Å². The fourth-order valence-corrected chi connectivity index (χ4v) is 1.64. The van der Waals surface area contributed by atoms with Crippen LogP contribution in [0.3, 0.4) is 0 Å². The Labute approximate surface area is 68.8 Å². The highest BCUT2D eigenvalue weighted by Crippen LogP contribution is 2.35. The van der Waals surface area contributed by atoms with Gasteiger partial charge in [-0.15, -0.1) is 0 Å². The number of rotatable bonds is 3. The van der Waals surface area contributed by atoms with E-state index in [1.165, 1.54) is 6.42 Å². The van der Waals surface area contributed by atoms with E-state index in [1.807, 2.05) is 0 Å². The van der Waals surface area contributed by atoms with Gasteiger partial charge in [0.25, 0.3) is 0 Å². The van der Waals surface area contributed by atoms with Crippen LogP contribution in [0.15, 0.2) is 0 Å². The maximum atomic E-state index is 8.94. The zero-order chi connectivity index (χ0) is 8.32. The molecule has 0 heterocycles. The van der Waals surface area contributed by atoms with Crippen LogP contribution >= 0.6 is 0 Å². The van der Waals surface area contributed by atoms with Crippen LogP contribution in [0.5, 0.6) is 0 Å². The molecule has 0 aromatic heterocycles. The molecule has 0 bridgehead atoms. The van der Waals surface area contributed by atoms with Crippen LogP contribution in [0.25, 0.3) is 0 Å². The number of hydrogen-bond acceptors (Lipinski definition) is 2. The van der Waals surface area contributed by atoms with E-state index in [0.29, 0.717) is 0 Å². The first-order valence-electron chi connectivity index (χ1n) is 4.37. The van der Waals surface area contributed by atoms with Crippen molar-refractivity contribution >= 4 is 0 Å². The van der Waals surface area contributed by atoms with E-state index in [2.05, 4.69) is 24.9 Å². The zero-order valence-corrected chi connectivity index (χ0v) is 7.43. The van der Waals surface area contributed by atoms with Gasteiger partial charge in [0, 0.05) is 0 Å². The Morgan fingerprint density at radius 3 is 2.45 bits per heavy atom. The minimum absolute atomic E-state index is 0.0873. The Morgan fingerprint density at radius 2 is 2.18 bits per heavy atom. The van der Waals surface area contributed by atoms with Crippen LogP contribution in [-0.2, 0) is 0 Å². The first-order valence-corrected chi connectivity index (χ1v) is 4.37. The van der Waals surface area contributed by atoms with Gasteiger partial charge in [0.15, 0.2) is 0 Å². The second-order valence-electron chi connectivity index (χ2n) is 3.42. The largest absolute Gasteiger partial charge is 0.289 e. The summed E-state index contributed by atoms with van der Waals surface area (Å²) in [5.74, 6) is 0. The highest BCUT2D eigenvalue weighted by atomic mass is 15.2. The van der Waals surface area contributed by atoms with Gasteiger partial charge in [-0.1, -0.05) is 6.92 Å². The molecule has 0 saturated heterocycles. The van der Waals surface area contributed by atoms with E-state index in [9.17, 15) is 0 Å². The monoisotopic (exact) mass is 152 g/mol. The van der Waals surface area contributed by atoms with Gasteiger partial charge >= 0.3 is 0 Å². The summed E-state index contributed by atoms with van der Waals surface area (Å²) >= 11 is 0. The summed E-state index contributed by atoms with van der Waals surface area (Å²) in [6.45, 7) is 3.20. The molecule has 1 aliphatic rings. The molecule has 0 N–H and O–H groups in total. The molecule has 0 unspecified atom stereocenters. The van der Waals surface area contributed by atoms with Crippen LogP contribution in [0.2, 0.25) is 0 Å². The van der Waals surface area contributed by atoms with Crippen LogP contribution in [0, 0.1) is 11.3 Å². The highest BCUT2D eigenvalue weighted by Gasteiger charge is 2.40.